The summed E-state index contributed by atoms with van der Waals surface area (Å²) in [5.41, 5.74) is 0.119. The fraction of sp³-hybridized carbons (Fsp3) is 0.588. The maximum Gasteiger partial charge on any atom is 0.573 e. The van der Waals surface area contributed by atoms with Crippen LogP contribution in [0.4, 0.5) is 13.2 Å². The van der Waals surface area contributed by atoms with Gasteiger partial charge in [-0.3, -0.25) is 0 Å². The first-order valence-electron chi connectivity index (χ1n) is 8.31. The number of halogens is 3. The molecule has 1 unspecified atom stereocenters. The van der Waals surface area contributed by atoms with Crippen molar-refractivity contribution in [3.05, 3.63) is 29.8 Å². The third-order valence-electron chi connectivity index (χ3n) is 3.88. The van der Waals surface area contributed by atoms with Crippen LogP contribution in [0, 0.1) is 0 Å². The Bertz CT molecular complexity index is 585. The Morgan fingerprint density at radius 1 is 1.32 bits per heavy atom. The first-order chi connectivity index (χ1) is 11.8. The van der Waals surface area contributed by atoms with Crippen LogP contribution in [0.5, 0.6) is 5.75 Å². The lowest BCUT2D eigenvalue weighted by molar-refractivity contribution is -0.274. The molecule has 1 saturated heterocycles. The van der Waals surface area contributed by atoms with E-state index in [0.717, 1.165) is 19.4 Å². The molecule has 0 aromatic heterocycles. The summed E-state index contributed by atoms with van der Waals surface area (Å²) < 4.78 is 47.2. The van der Waals surface area contributed by atoms with Gasteiger partial charge in [-0.1, -0.05) is 18.2 Å². The Kier molecular flexibility index (Phi) is 6.52. The molecule has 1 atom stereocenters. The first-order valence-corrected chi connectivity index (χ1v) is 8.31. The highest BCUT2D eigenvalue weighted by atomic mass is 19.4. The molecule has 0 radical (unpaired) electrons. The van der Waals surface area contributed by atoms with E-state index in [4.69, 9.17) is 4.74 Å². The molecule has 1 aromatic carbocycles. The van der Waals surface area contributed by atoms with Crippen molar-refractivity contribution in [1.82, 2.24) is 10.6 Å². The number of rotatable bonds is 6. The average Bonchev–Trinajstić information content (AvgIpc) is 2.97. The second kappa shape index (κ2) is 8.42. The third-order valence-corrected chi connectivity index (χ3v) is 3.88. The standard InChI is InChI=1S/C17H24F3N3O2/c1-3-21-15(23-12-16(2)9-6-10-24-16)22-11-13-7-4-5-8-14(13)25-17(18,19)20/h4-5,7-8H,3,6,9-12H2,1-2H3,(H2,21,22,23). The third kappa shape index (κ3) is 6.45. The van der Waals surface area contributed by atoms with Gasteiger partial charge in [0.05, 0.1) is 12.1 Å². The Labute approximate surface area is 145 Å². The Morgan fingerprint density at radius 3 is 2.72 bits per heavy atom. The van der Waals surface area contributed by atoms with Gasteiger partial charge in [0.2, 0.25) is 0 Å². The minimum atomic E-state index is -4.73. The molecule has 0 aliphatic carbocycles. The summed E-state index contributed by atoms with van der Waals surface area (Å²) in [5, 5.41) is 6.27. The quantitative estimate of drug-likeness (QED) is 0.605. The molecule has 1 heterocycles. The lowest BCUT2D eigenvalue weighted by atomic mass is 10.0. The molecule has 0 bridgehead atoms. The van der Waals surface area contributed by atoms with Crippen molar-refractivity contribution in [2.45, 2.75) is 45.2 Å². The molecule has 2 rings (SSSR count). The van der Waals surface area contributed by atoms with Gasteiger partial charge in [0, 0.05) is 25.3 Å². The lowest BCUT2D eigenvalue weighted by Gasteiger charge is -2.24. The maximum absolute atomic E-state index is 12.5. The predicted molar refractivity (Wildman–Crippen MR) is 89.5 cm³/mol. The van der Waals surface area contributed by atoms with Crippen molar-refractivity contribution >= 4 is 5.96 Å². The van der Waals surface area contributed by atoms with Crippen molar-refractivity contribution in [1.29, 1.82) is 0 Å². The highest BCUT2D eigenvalue weighted by molar-refractivity contribution is 5.79. The highest BCUT2D eigenvalue weighted by Crippen LogP contribution is 2.27. The molecule has 140 valence electrons. The highest BCUT2D eigenvalue weighted by Gasteiger charge is 2.32. The second-order valence-corrected chi connectivity index (χ2v) is 6.11. The van der Waals surface area contributed by atoms with Gasteiger partial charge >= 0.3 is 6.36 Å². The van der Waals surface area contributed by atoms with E-state index in [0.29, 0.717) is 24.6 Å². The molecular formula is C17H24F3N3O2. The zero-order valence-electron chi connectivity index (χ0n) is 14.4. The summed E-state index contributed by atoms with van der Waals surface area (Å²) in [7, 11) is 0. The van der Waals surface area contributed by atoms with E-state index in [2.05, 4.69) is 20.4 Å². The van der Waals surface area contributed by atoms with Crippen LogP contribution in [-0.2, 0) is 11.3 Å². The maximum atomic E-state index is 12.5. The van der Waals surface area contributed by atoms with Crippen LogP contribution in [0.25, 0.3) is 0 Å². The van der Waals surface area contributed by atoms with Crippen LogP contribution < -0.4 is 15.4 Å². The molecule has 8 heteroatoms. The van der Waals surface area contributed by atoms with Crippen molar-refractivity contribution in [2.75, 3.05) is 19.7 Å². The summed E-state index contributed by atoms with van der Waals surface area (Å²) in [5.74, 6) is 0.293. The monoisotopic (exact) mass is 359 g/mol. The fourth-order valence-corrected chi connectivity index (χ4v) is 2.61. The van der Waals surface area contributed by atoms with E-state index in [1.807, 2.05) is 13.8 Å². The Balaban J connectivity index is 2.03. The van der Waals surface area contributed by atoms with Crippen molar-refractivity contribution < 1.29 is 22.6 Å². The topological polar surface area (TPSA) is 54.9 Å². The van der Waals surface area contributed by atoms with Gasteiger partial charge in [0.1, 0.15) is 5.75 Å². The van der Waals surface area contributed by atoms with E-state index in [-0.39, 0.29) is 17.9 Å². The number of hydrogen-bond acceptors (Lipinski definition) is 3. The number of alkyl halides is 3. The van der Waals surface area contributed by atoms with Gasteiger partial charge in [-0.15, -0.1) is 13.2 Å². The summed E-state index contributed by atoms with van der Waals surface area (Å²) >= 11 is 0. The van der Waals surface area contributed by atoms with Gasteiger partial charge in [-0.2, -0.15) is 0 Å². The second-order valence-electron chi connectivity index (χ2n) is 6.11. The van der Waals surface area contributed by atoms with Crippen LogP contribution >= 0.6 is 0 Å². The van der Waals surface area contributed by atoms with Crippen molar-refractivity contribution in [3.63, 3.8) is 0 Å². The van der Waals surface area contributed by atoms with E-state index in [1.54, 1.807) is 12.1 Å². The molecule has 0 spiro atoms. The normalized spacial score (nSPS) is 21.2. The largest absolute Gasteiger partial charge is 0.573 e. The van der Waals surface area contributed by atoms with E-state index in [9.17, 15) is 13.2 Å². The van der Waals surface area contributed by atoms with Crippen LogP contribution in [-0.4, -0.2) is 37.6 Å². The predicted octanol–water partition coefficient (Wildman–Crippen LogP) is 3.21. The van der Waals surface area contributed by atoms with Gasteiger partial charge in [-0.05, 0) is 32.8 Å². The molecule has 1 aliphatic heterocycles. The van der Waals surface area contributed by atoms with Gasteiger partial charge in [-0.25, -0.2) is 4.99 Å². The number of hydrogen-bond donors (Lipinski definition) is 2. The number of aliphatic imine (C=N–C) groups is 1. The fourth-order valence-electron chi connectivity index (χ4n) is 2.61. The van der Waals surface area contributed by atoms with Gasteiger partial charge < -0.3 is 20.1 Å². The molecule has 1 fully saturated rings. The van der Waals surface area contributed by atoms with Gasteiger partial charge in [0.15, 0.2) is 5.96 Å². The number of nitrogens with zero attached hydrogens (tertiary/aromatic N) is 1. The summed E-state index contributed by atoms with van der Waals surface area (Å²) in [6, 6.07) is 6.00. The number of nitrogens with one attached hydrogen (secondary N) is 2. The minimum Gasteiger partial charge on any atom is -0.405 e. The Hall–Kier alpha value is -1.96. The van der Waals surface area contributed by atoms with Crippen molar-refractivity contribution in [3.8, 4) is 5.75 Å². The number of benzene rings is 1. The van der Waals surface area contributed by atoms with E-state index >= 15 is 0 Å². The smallest absolute Gasteiger partial charge is 0.405 e. The molecule has 1 aliphatic rings. The number of para-hydroxylation sites is 1. The SMILES string of the molecule is CCNC(=NCc1ccccc1OC(F)(F)F)NCC1(C)CCCO1. The van der Waals surface area contributed by atoms with E-state index in [1.165, 1.54) is 12.1 Å². The Morgan fingerprint density at radius 2 is 2.08 bits per heavy atom. The molecule has 5 nitrogen and oxygen atoms in total. The summed E-state index contributed by atoms with van der Waals surface area (Å²) in [6.45, 7) is 5.99. The van der Waals surface area contributed by atoms with Gasteiger partial charge in [0.25, 0.3) is 0 Å². The summed E-state index contributed by atoms with van der Waals surface area (Å²) in [6.07, 6.45) is -2.74. The molecule has 2 N–H and O–H groups in total. The van der Waals surface area contributed by atoms with Crippen LogP contribution in [0.3, 0.4) is 0 Å². The number of ether oxygens (including phenoxy) is 2. The lowest BCUT2D eigenvalue weighted by Crippen LogP contribution is -2.45. The van der Waals surface area contributed by atoms with Crippen LogP contribution in [0.2, 0.25) is 0 Å². The van der Waals surface area contributed by atoms with Crippen LogP contribution in [0.15, 0.2) is 29.3 Å². The molecule has 1 aromatic rings. The molecule has 0 saturated carbocycles. The summed E-state index contributed by atoms with van der Waals surface area (Å²) in [4.78, 5) is 4.36. The number of guanidine groups is 1. The molecule has 0 amide bonds. The first kappa shape index (κ1) is 19.4. The molecule has 25 heavy (non-hydrogen) atoms. The molecular weight excluding hydrogens is 335 g/mol. The van der Waals surface area contributed by atoms with Crippen molar-refractivity contribution in [2.24, 2.45) is 4.99 Å². The minimum absolute atomic E-state index is 0.0686. The zero-order valence-corrected chi connectivity index (χ0v) is 14.4. The van der Waals surface area contributed by atoms with E-state index < -0.39 is 6.36 Å². The van der Waals surface area contributed by atoms with Crippen LogP contribution in [0.1, 0.15) is 32.3 Å². The average molecular weight is 359 g/mol. The zero-order chi connectivity index (χ0) is 18.3.